The lowest BCUT2D eigenvalue weighted by Crippen LogP contribution is -2.43. The van der Waals surface area contributed by atoms with Gasteiger partial charge in [-0.05, 0) is 127 Å². The Labute approximate surface area is 386 Å². The first-order valence-electron chi connectivity index (χ1n) is 22.8. The average Bonchev–Trinajstić information content (AvgIpc) is 3.31. The third-order valence-electron chi connectivity index (χ3n) is 12.8. The van der Waals surface area contributed by atoms with Gasteiger partial charge >= 0.3 is 0 Å². The summed E-state index contributed by atoms with van der Waals surface area (Å²) in [4.78, 5) is 12.0. The van der Waals surface area contributed by atoms with Crippen LogP contribution in [0.3, 0.4) is 0 Å². The zero-order valence-electron chi connectivity index (χ0n) is 38.5. The fraction of sp³-hybridized carbons (Fsp3) is 0.190. The molecule has 0 atom stereocenters. The number of hydrogen-bond acceptors (Lipinski definition) is 5. The van der Waals surface area contributed by atoms with Gasteiger partial charge in [-0.3, -0.25) is 4.90 Å². The molecule has 320 valence electrons. The molecule has 0 amide bonds. The van der Waals surface area contributed by atoms with Gasteiger partial charge in [0.15, 0.2) is 12.4 Å². The highest BCUT2D eigenvalue weighted by molar-refractivity contribution is 6.15. The van der Waals surface area contributed by atoms with E-state index in [0.29, 0.717) is 12.7 Å². The molecule has 0 bridgehead atoms. The molecule has 2 radical (unpaired) electrons. The van der Waals surface area contributed by atoms with Crippen molar-refractivity contribution in [1.82, 2.24) is 0 Å². The summed E-state index contributed by atoms with van der Waals surface area (Å²) in [6, 6.07) is 66.3. The number of pyridine rings is 1. The average molecular weight is 848 g/mol. The molecule has 0 saturated carbocycles. The predicted octanol–water partition coefficient (Wildman–Crippen LogP) is 15.1. The highest BCUT2D eigenvalue weighted by atomic mass is 15.3. The Morgan fingerprint density at radius 1 is 0.446 bits per heavy atom. The van der Waals surface area contributed by atoms with Crippen LogP contribution in [-0.4, -0.2) is 13.9 Å². The van der Waals surface area contributed by atoms with Crippen molar-refractivity contribution >= 4 is 81.8 Å². The molecule has 2 aliphatic heterocycles. The van der Waals surface area contributed by atoms with E-state index in [0.717, 1.165) is 56.7 Å². The van der Waals surface area contributed by atoms with E-state index in [1.165, 1.54) is 28.3 Å². The standard InChI is InChI=1S/C58H56BN6/c1-41(2)62-53-20-12-14-22-55(53)65(56-23-15-13-21-54(56)62)48-36-38-60(39-37-48)40-61-49-16-8-10-18-51(49)64(52-19-11-9-17-50(52)61)47-34-32-46(33-35-47)63(44-28-24-42(25-29-44)57(3,4)5)45-30-26-43(27-31-45)58(6,7)59/h8-39,41H,40H2,1-7H3/q+1. The second-order valence-electron chi connectivity index (χ2n) is 19.1. The Morgan fingerprint density at radius 3 is 1.20 bits per heavy atom. The predicted molar refractivity (Wildman–Crippen MR) is 274 cm³/mol. The minimum absolute atomic E-state index is 0.0592. The van der Waals surface area contributed by atoms with Crippen molar-refractivity contribution in [1.29, 1.82) is 0 Å². The molecule has 2 aliphatic rings. The maximum absolute atomic E-state index is 6.51. The summed E-state index contributed by atoms with van der Waals surface area (Å²) < 4.78 is 2.27. The first-order valence-corrected chi connectivity index (χ1v) is 22.8. The minimum atomic E-state index is -0.427. The maximum atomic E-state index is 6.51. The molecule has 6 nitrogen and oxygen atoms in total. The van der Waals surface area contributed by atoms with Crippen LogP contribution in [0.25, 0.3) is 0 Å². The Hall–Kier alpha value is -7.25. The largest absolute Gasteiger partial charge is 0.336 e. The molecule has 0 N–H and O–H groups in total. The highest BCUT2D eigenvalue weighted by Gasteiger charge is 2.33. The van der Waals surface area contributed by atoms with E-state index in [-0.39, 0.29) is 5.41 Å². The summed E-state index contributed by atoms with van der Waals surface area (Å²) in [7, 11) is 6.51. The van der Waals surface area contributed by atoms with E-state index < -0.39 is 5.31 Å². The molecule has 65 heavy (non-hydrogen) atoms. The lowest BCUT2D eigenvalue weighted by molar-refractivity contribution is -0.694. The van der Waals surface area contributed by atoms with Crippen LogP contribution in [0, 0.1) is 0 Å². The summed E-state index contributed by atoms with van der Waals surface area (Å²) in [6.07, 6.45) is 4.41. The van der Waals surface area contributed by atoms with E-state index >= 15 is 0 Å². The van der Waals surface area contributed by atoms with Crippen molar-refractivity contribution in [3.05, 3.63) is 206 Å². The second-order valence-corrected chi connectivity index (χ2v) is 19.1. The molecule has 10 rings (SSSR count). The number of para-hydroxylation sites is 8. The van der Waals surface area contributed by atoms with Crippen LogP contribution < -0.4 is 29.1 Å². The number of benzene rings is 7. The Morgan fingerprint density at radius 2 is 0.800 bits per heavy atom. The highest BCUT2D eigenvalue weighted by Crippen LogP contribution is 2.53. The molecular formula is C58H56BN6+. The van der Waals surface area contributed by atoms with Crippen molar-refractivity contribution in [2.45, 2.75) is 71.9 Å². The van der Waals surface area contributed by atoms with E-state index in [4.69, 9.17) is 7.85 Å². The van der Waals surface area contributed by atoms with Crippen LogP contribution in [0.15, 0.2) is 194 Å². The van der Waals surface area contributed by atoms with Crippen LogP contribution in [0.1, 0.15) is 59.6 Å². The van der Waals surface area contributed by atoms with Gasteiger partial charge in [-0.2, -0.15) is 4.57 Å². The third kappa shape index (κ3) is 7.69. The van der Waals surface area contributed by atoms with Crippen LogP contribution in [0.2, 0.25) is 0 Å². The van der Waals surface area contributed by atoms with Crippen molar-refractivity contribution in [3.63, 3.8) is 0 Å². The monoisotopic (exact) mass is 847 g/mol. The third-order valence-corrected chi connectivity index (χ3v) is 12.8. The fourth-order valence-corrected chi connectivity index (χ4v) is 9.47. The minimum Gasteiger partial charge on any atom is -0.336 e. The molecule has 8 aromatic rings. The van der Waals surface area contributed by atoms with Gasteiger partial charge in [-0.25, -0.2) is 0 Å². The Balaban J connectivity index is 0.975. The summed E-state index contributed by atoms with van der Waals surface area (Å²) in [5.74, 6) is 0. The Bertz CT molecular complexity index is 2810. The fourth-order valence-electron chi connectivity index (χ4n) is 9.47. The van der Waals surface area contributed by atoms with Gasteiger partial charge in [-0.15, -0.1) is 0 Å². The van der Waals surface area contributed by atoms with Crippen molar-refractivity contribution in [2.24, 2.45) is 0 Å². The molecule has 3 heterocycles. The topological polar surface area (TPSA) is 20.1 Å². The smallest absolute Gasteiger partial charge is 0.228 e. The van der Waals surface area contributed by atoms with Crippen molar-refractivity contribution < 1.29 is 4.57 Å². The van der Waals surface area contributed by atoms with Gasteiger partial charge in [0.1, 0.15) is 0 Å². The zero-order valence-corrected chi connectivity index (χ0v) is 38.5. The van der Waals surface area contributed by atoms with Crippen molar-refractivity contribution in [3.8, 4) is 0 Å². The van der Waals surface area contributed by atoms with Crippen LogP contribution in [0.4, 0.5) is 73.9 Å². The Kier molecular flexibility index (Phi) is 10.5. The van der Waals surface area contributed by atoms with E-state index in [1.807, 2.05) is 13.8 Å². The molecule has 0 aliphatic carbocycles. The first-order chi connectivity index (χ1) is 31.3. The lowest BCUT2D eigenvalue weighted by Gasteiger charge is -2.42. The number of anilines is 13. The molecular weight excluding hydrogens is 791 g/mol. The number of hydrogen-bond donors (Lipinski definition) is 0. The molecule has 0 spiro atoms. The quantitative estimate of drug-likeness (QED) is 0.106. The van der Waals surface area contributed by atoms with E-state index in [9.17, 15) is 0 Å². The van der Waals surface area contributed by atoms with Gasteiger partial charge in [0.05, 0.1) is 59.0 Å². The summed E-state index contributed by atoms with van der Waals surface area (Å²) in [5, 5.41) is -0.427. The molecule has 0 fully saturated rings. The molecule has 7 aromatic carbocycles. The molecule has 0 unspecified atom stereocenters. The van der Waals surface area contributed by atoms with Gasteiger partial charge in [-0.1, -0.05) is 113 Å². The van der Waals surface area contributed by atoms with Gasteiger partial charge < -0.3 is 19.6 Å². The van der Waals surface area contributed by atoms with Crippen LogP contribution >= 0.6 is 0 Å². The second kappa shape index (κ2) is 16.4. The summed E-state index contributed by atoms with van der Waals surface area (Å²) >= 11 is 0. The number of aromatic nitrogens is 1. The van der Waals surface area contributed by atoms with E-state index in [2.05, 4.69) is 258 Å². The SMILES string of the molecule is [B]C(C)(C)c1ccc(N(c2ccc(N3c4ccccc4N(C[n+]4ccc(N5c6ccccc6N(C(C)C)c6ccccc65)cc4)c4ccccc43)cc2)c2ccc(C(C)(C)C)cc2)cc1. The zero-order chi connectivity index (χ0) is 45.0. The van der Waals surface area contributed by atoms with Gasteiger partial charge in [0.25, 0.3) is 0 Å². The molecule has 0 saturated heterocycles. The van der Waals surface area contributed by atoms with E-state index in [1.54, 1.807) is 0 Å². The molecule has 7 heteroatoms. The number of fused-ring (bicyclic) bond motifs is 4. The van der Waals surface area contributed by atoms with Gasteiger partial charge in [0.2, 0.25) is 6.67 Å². The summed E-state index contributed by atoms with van der Waals surface area (Å²) in [6.45, 7) is 16.0. The number of rotatable bonds is 9. The first kappa shape index (κ1) is 41.7. The summed E-state index contributed by atoms with van der Waals surface area (Å²) in [5.41, 5.74) is 17.2. The van der Waals surface area contributed by atoms with Crippen LogP contribution in [0.5, 0.6) is 0 Å². The number of nitrogens with zero attached hydrogens (tertiary/aromatic N) is 6. The maximum Gasteiger partial charge on any atom is 0.228 e. The van der Waals surface area contributed by atoms with Gasteiger partial charge in [0, 0.05) is 40.9 Å². The molecule has 1 aromatic heterocycles. The van der Waals surface area contributed by atoms with Crippen LogP contribution in [-0.2, 0) is 17.4 Å². The van der Waals surface area contributed by atoms with Crippen molar-refractivity contribution in [2.75, 3.05) is 24.5 Å². The lowest BCUT2D eigenvalue weighted by atomic mass is 9.67. The normalized spacial score (nSPS) is 13.3.